The molecule has 0 saturated heterocycles. The van der Waals surface area contributed by atoms with E-state index in [0.29, 0.717) is 42.7 Å². The first-order valence-electron chi connectivity index (χ1n) is 8.61. The fraction of sp³-hybridized carbons (Fsp3) is 0.350. The molecule has 5 heteroatoms. The average Bonchev–Trinajstić information content (AvgIpc) is 3.44. The minimum atomic E-state index is -0.184. The number of carbonyl (C=O) groups is 1. The maximum atomic E-state index is 13.9. The molecule has 0 spiro atoms. The van der Waals surface area contributed by atoms with Crippen LogP contribution in [0.2, 0.25) is 5.02 Å². The van der Waals surface area contributed by atoms with Crippen molar-refractivity contribution in [3.05, 3.63) is 70.5 Å². The van der Waals surface area contributed by atoms with Crippen LogP contribution in [0.15, 0.2) is 48.5 Å². The van der Waals surface area contributed by atoms with Crippen molar-refractivity contribution in [1.82, 2.24) is 10.2 Å². The molecule has 1 amide bonds. The molecule has 1 saturated carbocycles. The Kier molecular flexibility index (Phi) is 6.05. The molecule has 0 unspecified atom stereocenters. The van der Waals surface area contributed by atoms with Gasteiger partial charge in [0.15, 0.2) is 0 Å². The van der Waals surface area contributed by atoms with E-state index in [1.807, 2.05) is 36.4 Å². The molecular weight excluding hydrogens is 339 g/mol. The maximum absolute atomic E-state index is 13.9. The van der Waals surface area contributed by atoms with Crippen LogP contribution in [0.25, 0.3) is 0 Å². The summed E-state index contributed by atoms with van der Waals surface area (Å²) in [6.45, 7) is 1.61. The summed E-state index contributed by atoms with van der Waals surface area (Å²) in [6, 6.07) is 14.8. The molecule has 0 radical (unpaired) electrons. The second-order valence-corrected chi connectivity index (χ2v) is 6.82. The van der Waals surface area contributed by atoms with Crippen molar-refractivity contribution in [2.75, 3.05) is 6.54 Å². The lowest BCUT2D eigenvalue weighted by Gasteiger charge is -2.22. The zero-order valence-corrected chi connectivity index (χ0v) is 14.8. The highest BCUT2D eigenvalue weighted by Crippen LogP contribution is 2.28. The predicted molar refractivity (Wildman–Crippen MR) is 97.7 cm³/mol. The zero-order valence-electron chi connectivity index (χ0n) is 14.1. The van der Waals surface area contributed by atoms with E-state index in [0.717, 1.165) is 18.4 Å². The van der Waals surface area contributed by atoms with Crippen LogP contribution in [0, 0.1) is 5.82 Å². The summed E-state index contributed by atoms with van der Waals surface area (Å²) in [6.07, 6.45) is 2.64. The highest BCUT2D eigenvalue weighted by molar-refractivity contribution is 6.31. The van der Waals surface area contributed by atoms with Gasteiger partial charge in [0.25, 0.3) is 0 Å². The molecule has 25 heavy (non-hydrogen) atoms. The summed E-state index contributed by atoms with van der Waals surface area (Å²) < 4.78 is 13.9. The molecule has 1 N–H and O–H groups in total. The number of carbonyl (C=O) groups excluding carboxylic acids is 1. The van der Waals surface area contributed by atoms with Crippen LogP contribution in [0.4, 0.5) is 4.39 Å². The number of nitrogens with zero attached hydrogens (tertiary/aromatic N) is 1. The number of hydrogen-bond acceptors (Lipinski definition) is 2. The third kappa shape index (κ3) is 5.28. The number of rotatable bonds is 8. The van der Waals surface area contributed by atoms with Crippen molar-refractivity contribution in [3.8, 4) is 0 Å². The molecule has 2 aromatic carbocycles. The summed E-state index contributed by atoms with van der Waals surface area (Å²) in [5, 5.41) is 3.56. The second kappa shape index (κ2) is 8.45. The summed E-state index contributed by atoms with van der Waals surface area (Å²) in [5.74, 6) is -0.199. The number of benzene rings is 2. The molecule has 1 aliphatic rings. The molecule has 0 bridgehead atoms. The van der Waals surface area contributed by atoms with Crippen molar-refractivity contribution < 1.29 is 9.18 Å². The highest BCUT2D eigenvalue weighted by atomic mass is 35.5. The van der Waals surface area contributed by atoms with Gasteiger partial charge in [0.05, 0.1) is 0 Å². The normalized spacial score (nSPS) is 13.9. The Labute approximate surface area is 152 Å². The fourth-order valence-electron chi connectivity index (χ4n) is 2.84. The standard InChI is InChI=1S/C20H22ClFN2O/c21-18-7-3-1-5-15(18)13-23-20(25)11-12-24(17-9-10-17)14-16-6-2-4-8-19(16)22/h1-8,17H,9-14H2,(H,23,25). The zero-order chi connectivity index (χ0) is 17.6. The molecule has 3 nitrogen and oxygen atoms in total. The molecular formula is C20H22ClFN2O. The Hall–Kier alpha value is -1.91. The van der Waals surface area contributed by atoms with E-state index in [2.05, 4.69) is 10.2 Å². The van der Waals surface area contributed by atoms with Crippen LogP contribution < -0.4 is 5.32 Å². The van der Waals surface area contributed by atoms with Crippen molar-refractivity contribution in [2.24, 2.45) is 0 Å². The van der Waals surface area contributed by atoms with E-state index in [-0.39, 0.29) is 11.7 Å². The number of hydrogen-bond donors (Lipinski definition) is 1. The van der Waals surface area contributed by atoms with Gasteiger partial charge >= 0.3 is 0 Å². The van der Waals surface area contributed by atoms with Crippen LogP contribution in [0.3, 0.4) is 0 Å². The van der Waals surface area contributed by atoms with Gasteiger partial charge in [0.2, 0.25) is 5.91 Å². The Morgan fingerprint density at radius 2 is 1.80 bits per heavy atom. The van der Waals surface area contributed by atoms with E-state index < -0.39 is 0 Å². The molecule has 1 fully saturated rings. The van der Waals surface area contributed by atoms with Crippen molar-refractivity contribution in [1.29, 1.82) is 0 Å². The molecule has 1 aliphatic carbocycles. The Bertz CT molecular complexity index is 733. The van der Waals surface area contributed by atoms with Gasteiger partial charge in [0, 0.05) is 42.7 Å². The second-order valence-electron chi connectivity index (χ2n) is 6.41. The fourth-order valence-corrected chi connectivity index (χ4v) is 3.05. The Morgan fingerprint density at radius 3 is 2.48 bits per heavy atom. The number of nitrogens with one attached hydrogen (secondary N) is 1. The Balaban J connectivity index is 1.49. The minimum Gasteiger partial charge on any atom is -0.352 e. The van der Waals surface area contributed by atoms with Gasteiger partial charge in [-0.15, -0.1) is 0 Å². The van der Waals surface area contributed by atoms with Gasteiger partial charge in [-0.3, -0.25) is 9.69 Å². The minimum absolute atomic E-state index is 0.0147. The first-order chi connectivity index (χ1) is 12.1. The smallest absolute Gasteiger partial charge is 0.221 e. The van der Waals surface area contributed by atoms with E-state index >= 15 is 0 Å². The molecule has 2 aromatic rings. The quantitative estimate of drug-likeness (QED) is 0.767. The van der Waals surface area contributed by atoms with E-state index in [1.165, 1.54) is 6.07 Å². The van der Waals surface area contributed by atoms with E-state index in [1.54, 1.807) is 6.07 Å². The molecule has 0 aromatic heterocycles. The molecule has 0 atom stereocenters. The van der Waals surface area contributed by atoms with Gasteiger partial charge in [-0.05, 0) is 30.5 Å². The lowest BCUT2D eigenvalue weighted by Crippen LogP contribution is -2.32. The van der Waals surface area contributed by atoms with Crippen molar-refractivity contribution in [3.63, 3.8) is 0 Å². The summed E-state index contributed by atoms with van der Waals surface area (Å²) >= 11 is 6.10. The first kappa shape index (κ1) is 17.9. The van der Waals surface area contributed by atoms with Gasteiger partial charge in [0.1, 0.15) is 5.82 Å². The topological polar surface area (TPSA) is 32.3 Å². The number of amides is 1. The average molecular weight is 361 g/mol. The predicted octanol–water partition coefficient (Wildman–Crippen LogP) is 4.15. The molecule has 0 heterocycles. The third-order valence-corrected chi connectivity index (χ3v) is 4.82. The van der Waals surface area contributed by atoms with Crippen LogP contribution in [-0.4, -0.2) is 23.4 Å². The van der Waals surface area contributed by atoms with Crippen molar-refractivity contribution >= 4 is 17.5 Å². The van der Waals surface area contributed by atoms with Gasteiger partial charge in [-0.25, -0.2) is 4.39 Å². The van der Waals surface area contributed by atoms with Crippen molar-refractivity contribution in [2.45, 2.75) is 38.4 Å². The van der Waals surface area contributed by atoms with Crippen LogP contribution in [0.1, 0.15) is 30.4 Å². The Morgan fingerprint density at radius 1 is 1.12 bits per heavy atom. The lowest BCUT2D eigenvalue weighted by molar-refractivity contribution is -0.121. The van der Waals surface area contributed by atoms with E-state index in [9.17, 15) is 9.18 Å². The maximum Gasteiger partial charge on any atom is 0.221 e. The molecule has 0 aliphatic heterocycles. The number of halogens is 2. The van der Waals surface area contributed by atoms with Gasteiger partial charge in [-0.2, -0.15) is 0 Å². The lowest BCUT2D eigenvalue weighted by atomic mass is 10.2. The van der Waals surface area contributed by atoms with Gasteiger partial charge in [-0.1, -0.05) is 48.0 Å². The SMILES string of the molecule is O=C(CCN(Cc1ccccc1F)C1CC1)NCc1ccccc1Cl. The van der Waals surface area contributed by atoms with Crippen LogP contribution >= 0.6 is 11.6 Å². The van der Waals surface area contributed by atoms with Crippen LogP contribution in [-0.2, 0) is 17.9 Å². The molecule has 132 valence electrons. The largest absolute Gasteiger partial charge is 0.352 e. The third-order valence-electron chi connectivity index (χ3n) is 4.45. The van der Waals surface area contributed by atoms with Crippen LogP contribution in [0.5, 0.6) is 0 Å². The van der Waals surface area contributed by atoms with Gasteiger partial charge < -0.3 is 5.32 Å². The summed E-state index contributed by atoms with van der Waals surface area (Å²) in [5.41, 5.74) is 1.59. The first-order valence-corrected chi connectivity index (χ1v) is 8.99. The molecule has 3 rings (SSSR count). The monoisotopic (exact) mass is 360 g/mol. The summed E-state index contributed by atoms with van der Waals surface area (Å²) in [7, 11) is 0. The highest BCUT2D eigenvalue weighted by Gasteiger charge is 2.29. The van der Waals surface area contributed by atoms with E-state index in [4.69, 9.17) is 11.6 Å². The summed E-state index contributed by atoms with van der Waals surface area (Å²) in [4.78, 5) is 14.3.